The fourth-order valence-electron chi connectivity index (χ4n) is 1.87. The summed E-state index contributed by atoms with van der Waals surface area (Å²) in [6.45, 7) is 0. The van der Waals surface area contributed by atoms with Crippen LogP contribution in [0, 0.1) is 15.9 Å². The molecule has 0 bridgehead atoms. The first-order valence-corrected chi connectivity index (χ1v) is 5.61. The molecule has 0 saturated carbocycles. The van der Waals surface area contributed by atoms with Crippen LogP contribution in [0.15, 0.2) is 36.5 Å². The van der Waals surface area contributed by atoms with Crippen molar-refractivity contribution in [3.8, 4) is 11.3 Å². The Labute approximate surface area is 111 Å². The van der Waals surface area contributed by atoms with E-state index in [4.69, 9.17) is 5.73 Å². The van der Waals surface area contributed by atoms with Crippen LogP contribution in [0.25, 0.3) is 16.9 Å². The molecule has 0 amide bonds. The van der Waals surface area contributed by atoms with E-state index in [2.05, 4.69) is 10.1 Å². The summed E-state index contributed by atoms with van der Waals surface area (Å²) in [7, 11) is 0. The molecule has 100 valence electrons. The smallest absolute Gasteiger partial charge is 0.333 e. The van der Waals surface area contributed by atoms with Gasteiger partial charge >= 0.3 is 5.69 Å². The van der Waals surface area contributed by atoms with Crippen molar-refractivity contribution < 1.29 is 9.31 Å². The van der Waals surface area contributed by atoms with Gasteiger partial charge in [0.15, 0.2) is 0 Å². The van der Waals surface area contributed by atoms with Crippen LogP contribution in [0.5, 0.6) is 0 Å². The number of rotatable bonds is 2. The number of aromatic nitrogens is 3. The van der Waals surface area contributed by atoms with Gasteiger partial charge in [-0.2, -0.15) is 9.61 Å². The van der Waals surface area contributed by atoms with Crippen LogP contribution in [0.1, 0.15) is 0 Å². The van der Waals surface area contributed by atoms with Gasteiger partial charge in [-0.05, 0) is 24.3 Å². The van der Waals surface area contributed by atoms with E-state index in [1.165, 1.54) is 34.8 Å². The Morgan fingerprint density at radius 2 is 2.00 bits per heavy atom. The van der Waals surface area contributed by atoms with Crippen molar-refractivity contribution in [3.05, 3.63) is 52.5 Å². The quantitative estimate of drug-likeness (QED) is 0.568. The maximum atomic E-state index is 12.9. The Morgan fingerprint density at radius 1 is 1.30 bits per heavy atom. The predicted molar refractivity (Wildman–Crippen MR) is 69.4 cm³/mol. The normalized spacial score (nSPS) is 10.8. The van der Waals surface area contributed by atoms with Crippen LogP contribution in [0.2, 0.25) is 0 Å². The van der Waals surface area contributed by atoms with E-state index >= 15 is 0 Å². The molecule has 7 nitrogen and oxygen atoms in total. The van der Waals surface area contributed by atoms with Crippen molar-refractivity contribution >= 4 is 17.2 Å². The molecule has 0 aliphatic carbocycles. The van der Waals surface area contributed by atoms with Crippen molar-refractivity contribution in [2.45, 2.75) is 0 Å². The number of benzene rings is 1. The van der Waals surface area contributed by atoms with Crippen LogP contribution in [0.3, 0.4) is 0 Å². The maximum Gasteiger partial charge on any atom is 0.333 e. The molecule has 2 N–H and O–H groups in total. The van der Waals surface area contributed by atoms with Gasteiger partial charge in [-0.25, -0.2) is 9.37 Å². The fraction of sp³-hybridized carbons (Fsp3) is 0. The molecule has 0 radical (unpaired) electrons. The SMILES string of the molecule is Nc1cc(-c2ccc(F)cc2)nc2c([N+](=O)[O-])cnn12. The van der Waals surface area contributed by atoms with E-state index in [1.807, 2.05) is 0 Å². The summed E-state index contributed by atoms with van der Waals surface area (Å²) in [5.41, 5.74) is 6.64. The van der Waals surface area contributed by atoms with E-state index in [-0.39, 0.29) is 23.0 Å². The molecule has 0 spiro atoms. The third-order valence-electron chi connectivity index (χ3n) is 2.82. The molecule has 0 aliphatic rings. The highest BCUT2D eigenvalue weighted by Gasteiger charge is 2.18. The second kappa shape index (κ2) is 4.26. The summed E-state index contributed by atoms with van der Waals surface area (Å²) in [5.74, 6) is -0.166. The minimum Gasteiger partial charge on any atom is -0.384 e. The number of hydrogen-bond donors (Lipinski definition) is 1. The number of hydrogen-bond acceptors (Lipinski definition) is 5. The molecule has 0 fully saturated rings. The molecule has 0 atom stereocenters. The Balaban J connectivity index is 2.24. The molecule has 2 heterocycles. The van der Waals surface area contributed by atoms with Crippen molar-refractivity contribution in [2.24, 2.45) is 0 Å². The van der Waals surface area contributed by atoms with Crippen molar-refractivity contribution in [1.82, 2.24) is 14.6 Å². The first-order valence-electron chi connectivity index (χ1n) is 5.61. The number of anilines is 1. The zero-order valence-corrected chi connectivity index (χ0v) is 10.0. The lowest BCUT2D eigenvalue weighted by Gasteiger charge is -2.04. The van der Waals surface area contributed by atoms with Gasteiger partial charge in [-0.15, -0.1) is 0 Å². The molecule has 20 heavy (non-hydrogen) atoms. The average Bonchev–Trinajstić information content (AvgIpc) is 2.84. The zero-order valence-electron chi connectivity index (χ0n) is 10.0. The highest BCUT2D eigenvalue weighted by atomic mass is 19.1. The average molecular weight is 273 g/mol. The monoisotopic (exact) mass is 273 g/mol. The van der Waals surface area contributed by atoms with E-state index in [9.17, 15) is 14.5 Å². The Bertz CT molecular complexity index is 813. The minimum absolute atomic E-state index is 0.0503. The zero-order chi connectivity index (χ0) is 14.3. The first-order chi connectivity index (χ1) is 9.56. The summed E-state index contributed by atoms with van der Waals surface area (Å²) in [6, 6.07) is 7.13. The van der Waals surface area contributed by atoms with Crippen molar-refractivity contribution in [2.75, 3.05) is 5.73 Å². The van der Waals surface area contributed by atoms with Crippen molar-refractivity contribution in [3.63, 3.8) is 0 Å². The number of nitrogens with two attached hydrogens (primary N) is 1. The van der Waals surface area contributed by atoms with E-state index in [0.29, 0.717) is 11.3 Å². The van der Waals surface area contributed by atoms with E-state index in [0.717, 1.165) is 6.20 Å². The van der Waals surface area contributed by atoms with Gasteiger partial charge in [-0.3, -0.25) is 10.1 Å². The topological polar surface area (TPSA) is 99.3 Å². The number of nitrogens with zero attached hydrogens (tertiary/aromatic N) is 4. The van der Waals surface area contributed by atoms with Gasteiger partial charge < -0.3 is 5.73 Å². The molecule has 2 aromatic heterocycles. The van der Waals surface area contributed by atoms with Gasteiger partial charge in [0.05, 0.1) is 10.6 Å². The number of fused-ring (bicyclic) bond motifs is 1. The first kappa shape index (κ1) is 12.0. The molecule has 0 unspecified atom stereocenters. The van der Waals surface area contributed by atoms with Crippen LogP contribution in [0.4, 0.5) is 15.9 Å². The van der Waals surface area contributed by atoms with Crippen LogP contribution in [-0.2, 0) is 0 Å². The summed E-state index contributed by atoms with van der Waals surface area (Å²) < 4.78 is 14.1. The predicted octanol–water partition coefficient (Wildman–Crippen LogP) is 2.03. The second-order valence-electron chi connectivity index (χ2n) is 4.10. The third-order valence-corrected chi connectivity index (χ3v) is 2.82. The lowest BCUT2D eigenvalue weighted by Crippen LogP contribution is -2.02. The Kier molecular flexibility index (Phi) is 2.56. The molecule has 3 rings (SSSR count). The number of halogens is 1. The molecular formula is C12H8FN5O2. The standard InChI is InChI=1S/C12H8FN5O2/c13-8-3-1-7(2-4-8)9-5-11(14)17-12(16-9)10(6-15-17)18(19)20/h1-6H,14H2. The summed E-state index contributed by atoms with van der Waals surface area (Å²) in [6.07, 6.45) is 1.09. The summed E-state index contributed by atoms with van der Waals surface area (Å²) in [5, 5.41) is 14.7. The second-order valence-corrected chi connectivity index (χ2v) is 4.10. The fourth-order valence-corrected chi connectivity index (χ4v) is 1.87. The van der Waals surface area contributed by atoms with Gasteiger partial charge in [-0.1, -0.05) is 0 Å². The lowest BCUT2D eigenvalue weighted by atomic mass is 10.1. The van der Waals surface area contributed by atoms with E-state index in [1.54, 1.807) is 0 Å². The Hall–Kier alpha value is -3.03. The van der Waals surface area contributed by atoms with Crippen LogP contribution >= 0.6 is 0 Å². The highest BCUT2D eigenvalue weighted by Crippen LogP contribution is 2.25. The minimum atomic E-state index is -0.580. The molecule has 1 aromatic carbocycles. The highest BCUT2D eigenvalue weighted by molar-refractivity contribution is 5.70. The van der Waals surface area contributed by atoms with Gasteiger partial charge in [0.25, 0.3) is 0 Å². The lowest BCUT2D eigenvalue weighted by molar-refractivity contribution is -0.383. The number of nitro groups is 1. The van der Waals surface area contributed by atoms with Crippen LogP contribution in [-0.4, -0.2) is 19.5 Å². The molecule has 0 saturated heterocycles. The van der Waals surface area contributed by atoms with Gasteiger partial charge in [0, 0.05) is 11.6 Å². The number of nitrogen functional groups attached to an aromatic ring is 1. The van der Waals surface area contributed by atoms with Crippen molar-refractivity contribution in [1.29, 1.82) is 0 Å². The third kappa shape index (κ3) is 1.83. The maximum absolute atomic E-state index is 12.9. The molecule has 8 heteroatoms. The molecular weight excluding hydrogens is 265 g/mol. The molecule has 0 aliphatic heterocycles. The summed E-state index contributed by atoms with van der Waals surface area (Å²) in [4.78, 5) is 14.5. The van der Waals surface area contributed by atoms with E-state index < -0.39 is 4.92 Å². The summed E-state index contributed by atoms with van der Waals surface area (Å²) >= 11 is 0. The Morgan fingerprint density at radius 3 is 2.65 bits per heavy atom. The van der Waals surface area contributed by atoms with Crippen LogP contribution < -0.4 is 5.73 Å². The molecule has 3 aromatic rings. The van der Waals surface area contributed by atoms with Gasteiger partial charge in [0.2, 0.25) is 5.65 Å². The largest absolute Gasteiger partial charge is 0.384 e. The van der Waals surface area contributed by atoms with Gasteiger partial charge in [0.1, 0.15) is 17.8 Å².